The minimum atomic E-state index is -3.98. The largest absolute Gasteiger partial charge is 0.496 e. The third kappa shape index (κ3) is 6.18. The topological polar surface area (TPSA) is 75.7 Å². The Morgan fingerprint density at radius 1 is 1.03 bits per heavy atom. The number of sulfonamides is 1. The van der Waals surface area contributed by atoms with Gasteiger partial charge in [0.2, 0.25) is 15.9 Å². The number of benzene rings is 3. The Bertz CT molecular complexity index is 1200. The van der Waals surface area contributed by atoms with Gasteiger partial charge >= 0.3 is 0 Å². The lowest BCUT2D eigenvalue weighted by molar-refractivity contribution is -0.122. The molecule has 0 fully saturated rings. The minimum absolute atomic E-state index is 0.0764. The van der Waals surface area contributed by atoms with Crippen LogP contribution < -0.4 is 10.1 Å². The molecule has 1 atom stereocenters. The lowest BCUT2D eigenvalue weighted by Gasteiger charge is -2.24. The van der Waals surface area contributed by atoms with E-state index in [0.717, 1.165) is 15.4 Å². The molecule has 3 rings (SSSR count). The Kier molecular flexibility index (Phi) is 7.84. The van der Waals surface area contributed by atoms with Gasteiger partial charge in [-0.15, -0.1) is 0 Å². The summed E-state index contributed by atoms with van der Waals surface area (Å²) in [4.78, 5) is 13.0. The van der Waals surface area contributed by atoms with Crippen molar-refractivity contribution in [1.82, 2.24) is 9.62 Å². The van der Waals surface area contributed by atoms with E-state index in [1.54, 1.807) is 32.2 Å². The smallest absolute Gasteiger partial charge is 0.243 e. The van der Waals surface area contributed by atoms with Crippen LogP contribution in [0.5, 0.6) is 5.75 Å². The molecular weight excluding hydrogens is 443 g/mol. The van der Waals surface area contributed by atoms with Crippen LogP contribution in [0.3, 0.4) is 0 Å². The van der Waals surface area contributed by atoms with E-state index in [0.29, 0.717) is 11.3 Å². The maximum absolute atomic E-state index is 13.4. The number of nitrogens with one attached hydrogen (secondary N) is 1. The van der Waals surface area contributed by atoms with Crippen LogP contribution in [-0.2, 0) is 21.4 Å². The molecule has 0 aliphatic carbocycles. The average molecular weight is 471 g/mol. The van der Waals surface area contributed by atoms with Crippen molar-refractivity contribution in [3.05, 3.63) is 95.3 Å². The van der Waals surface area contributed by atoms with E-state index >= 15 is 0 Å². The maximum atomic E-state index is 13.4. The first-order valence-electron chi connectivity index (χ1n) is 10.4. The highest BCUT2D eigenvalue weighted by Gasteiger charge is 2.27. The Balaban J connectivity index is 1.84. The molecular formula is C25H27FN2O4S. The van der Waals surface area contributed by atoms with Gasteiger partial charge in [-0.05, 0) is 49.7 Å². The van der Waals surface area contributed by atoms with Crippen LogP contribution in [0.1, 0.15) is 29.7 Å². The average Bonchev–Trinajstić information content (AvgIpc) is 2.80. The monoisotopic (exact) mass is 470 g/mol. The van der Waals surface area contributed by atoms with Gasteiger partial charge in [-0.25, -0.2) is 12.8 Å². The summed E-state index contributed by atoms with van der Waals surface area (Å²) in [7, 11) is -2.43. The number of rotatable bonds is 9. The number of ether oxygens (including phenoxy) is 1. The van der Waals surface area contributed by atoms with E-state index in [1.165, 1.54) is 36.4 Å². The van der Waals surface area contributed by atoms with Crippen molar-refractivity contribution in [3.63, 3.8) is 0 Å². The number of para-hydroxylation sites is 1. The molecule has 1 N–H and O–H groups in total. The van der Waals surface area contributed by atoms with E-state index in [-0.39, 0.29) is 11.4 Å². The van der Waals surface area contributed by atoms with Crippen LogP contribution in [-0.4, -0.2) is 32.3 Å². The molecule has 174 valence electrons. The summed E-state index contributed by atoms with van der Waals surface area (Å²) < 4.78 is 46.5. The van der Waals surface area contributed by atoms with Gasteiger partial charge in [0, 0.05) is 12.1 Å². The summed E-state index contributed by atoms with van der Waals surface area (Å²) in [6, 6.07) is 18.8. The van der Waals surface area contributed by atoms with Crippen molar-refractivity contribution in [1.29, 1.82) is 0 Å². The zero-order chi connectivity index (χ0) is 24.0. The molecule has 0 saturated heterocycles. The molecule has 0 heterocycles. The number of halogens is 1. The van der Waals surface area contributed by atoms with Crippen LogP contribution >= 0.6 is 0 Å². The van der Waals surface area contributed by atoms with Crippen molar-refractivity contribution >= 4 is 15.9 Å². The van der Waals surface area contributed by atoms with Gasteiger partial charge in [0.05, 0.1) is 24.6 Å². The Morgan fingerprint density at radius 2 is 1.67 bits per heavy atom. The second kappa shape index (κ2) is 10.6. The Hall–Kier alpha value is -3.23. The molecule has 3 aromatic carbocycles. The van der Waals surface area contributed by atoms with Crippen LogP contribution in [0.4, 0.5) is 4.39 Å². The fourth-order valence-corrected chi connectivity index (χ4v) is 4.81. The highest BCUT2D eigenvalue weighted by molar-refractivity contribution is 7.89. The quantitative estimate of drug-likeness (QED) is 0.508. The van der Waals surface area contributed by atoms with Gasteiger partial charge in [-0.2, -0.15) is 4.31 Å². The minimum Gasteiger partial charge on any atom is -0.496 e. The van der Waals surface area contributed by atoms with Crippen LogP contribution in [0.2, 0.25) is 0 Å². The van der Waals surface area contributed by atoms with Gasteiger partial charge < -0.3 is 10.1 Å². The summed E-state index contributed by atoms with van der Waals surface area (Å²) in [6.07, 6.45) is 0. The first-order valence-corrected chi connectivity index (χ1v) is 11.9. The van der Waals surface area contributed by atoms with Crippen LogP contribution in [0.25, 0.3) is 0 Å². The predicted molar refractivity (Wildman–Crippen MR) is 125 cm³/mol. The van der Waals surface area contributed by atoms with Crippen molar-refractivity contribution in [2.75, 3.05) is 13.7 Å². The molecule has 6 nitrogen and oxygen atoms in total. The highest BCUT2D eigenvalue weighted by Crippen LogP contribution is 2.25. The standard InChI is InChI=1S/C25H27FN2O4S/c1-18-8-14-22(15-9-18)33(30,31)28(16-20-10-12-21(26)13-11-20)17-25(29)27-19(2)23-6-4-5-7-24(23)32-3/h4-15,19H,16-17H2,1-3H3,(H,27,29). The van der Waals surface area contributed by atoms with Gasteiger partial charge in [0.1, 0.15) is 11.6 Å². The lowest BCUT2D eigenvalue weighted by Crippen LogP contribution is -2.41. The summed E-state index contributed by atoms with van der Waals surface area (Å²) in [5.41, 5.74) is 2.26. The number of hydrogen-bond donors (Lipinski definition) is 1. The zero-order valence-electron chi connectivity index (χ0n) is 18.8. The lowest BCUT2D eigenvalue weighted by atomic mass is 10.1. The van der Waals surface area contributed by atoms with Gasteiger partial charge in [-0.3, -0.25) is 4.79 Å². The fourth-order valence-electron chi connectivity index (χ4n) is 3.43. The molecule has 0 aliphatic heterocycles. The zero-order valence-corrected chi connectivity index (χ0v) is 19.6. The highest BCUT2D eigenvalue weighted by atomic mass is 32.2. The molecule has 0 spiro atoms. The summed E-state index contributed by atoms with van der Waals surface area (Å²) in [5, 5.41) is 2.84. The molecule has 0 saturated carbocycles. The normalized spacial score (nSPS) is 12.4. The number of methoxy groups -OCH3 is 1. The van der Waals surface area contributed by atoms with Gasteiger partial charge in [-0.1, -0.05) is 48.0 Å². The Morgan fingerprint density at radius 3 is 2.30 bits per heavy atom. The number of nitrogens with zero attached hydrogens (tertiary/aromatic N) is 1. The fraction of sp³-hybridized carbons (Fsp3) is 0.240. The summed E-state index contributed by atoms with van der Waals surface area (Å²) >= 11 is 0. The Labute approximate surface area is 194 Å². The summed E-state index contributed by atoms with van der Waals surface area (Å²) in [5.74, 6) is -0.262. The molecule has 1 unspecified atom stereocenters. The number of aryl methyl sites for hydroxylation is 1. The van der Waals surface area contributed by atoms with E-state index in [1.807, 2.05) is 25.1 Å². The van der Waals surface area contributed by atoms with Crippen LogP contribution in [0, 0.1) is 12.7 Å². The maximum Gasteiger partial charge on any atom is 0.243 e. The second-order valence-electron chi connectivity index (χ2n) is 7.74. The van der Waals surface area contributed by atoms with E-state index in [4.69, 9.17) is 4.74 Å². The number of carbonyl (C=O) groups is 1. The van der Waals surface area contributed by atoms with E-state index in [9.17, 15) is 17.6 Å². The van der Waals surface area contributed by atoms with Crippen LogP contribution in [0.15, 0.2) is 77.7 Å². The third-order valence-electron chi connectivity index (χ3n) is 5.23. The van der Waals surface area contributed by atoms with Crippen molar-refractivity contribution in [2.45, 2.75) is 31.3 Å². The van der Waals surface area contributed by atoms with Crippen molar-refractivity contribution in [3.8, 4) is 5.75 Å². The molecule has 33 heavy (non-hydrogen) atoms. The number of amides is 1. The predicted octanol–water partition coefficient (Wildman–Crippen LogP) is 4.21. The first-order chi connectivity index (χ1) is 15.7. The molecule has 8 heteroatoms. The molecule has 0 radical (unpaired) electrons. The van der Waals surface area contributed by atoms with E-state index < -0.39 is 34.3 Å². The third-order valence-corrected chi connectivity index (χ3v) is 7.04. The van der Waals surface area contributed by atoms with Crippen molar-refractivity contribution < 1.29 is 22.3 Å². The van der Waals surface area contributed by atoms with Crippen molar-refractivity contribution in [2.24, 2.45) is 0 Å². The molecule has 0 aliphatic rings. The molecule has 0 bridgehead atoms. The number of hydrogen-bond acceptors (Lipinski definition) is 4. The first kappa shape index (κ1) is 24.4. The summed E-state index contributed by atoms with van der Waals surface area (Å²) in [6.45, 7) is 3.19. The second-order valence-corrected chi connectivity index (χ2v) is 9.68. The van der Waals surface area contributed by atoms with E-state index in [2.05, 4.69) is 5.32 Å². The molecule has 1 amide bonds. The van der Waals surface area contributed by atoms with Gasteiger partial charge in [0.25, 0.3) is 0 Å². The molecule has 3 aromatic rings. The molecule has 0 aromatic heterocycles. The number of carbonyl (C=O) groups excluding carboxylic acids is 1. The SMILES string of the molecule is COc1ccccc1C(C)NC(=O)CN(Cc1ccc(F)cc1)S(=O)(=O)c1ccc(C)cc1. The van der Waals surface area contributed by atoms with Gasteiger partial charge in [0.15, 0.2) is 0 Å².